The Morgan fingerprint density at radius 2 is 1.87 bits per heavy atom. The van der Waals surface area contributed by atoms with E-state index in [1.54, 1.807) is 0 Å². The molecule has 0 unspecified atom stereocenters. The van der Waals surface area contributed by atoms with Gasteiger partial charge in [0.2, 0.25) is 0 Å². The lowest BCUT2D eigenvalue weighted by Gasteiger charge is -2.03. The summed E-state index contributed by atoms with van der Waals surface area (Å²) in [7, 11) is 0. The van der Waals surface area contributed by atoms with Gasteiger partial charge in [-0.15, -0.1) is 11.3 Å². The Morgan fingerprint density at radius 1 is 1.09 bits per heavy atom. The van der Waals surface area contributed by atoms with Crippen LogP contribution in [-0.4, -0.2) is 5.97 Å². The first-order valence-corrected chi connectivity index (χ1v) is 9.12. The zero-order chi connectivity index (χ0) is 16.5. The number of carbonyl (C=O) groups excluding carboxylic acids is 1. The molecule has 2 aromatic rings. The van der Waals surface area contributed by atoms with E-state index in [0.717, 1.165) is 31.2 Å². The molecule has 0 aliphatic heterocycles. The van der Waals surface area contributed by atoms with Crippen LogP contribution in [0, 0.1) is 0 Å². The second-order valence-electron chi connectivity index (χ2n) is 5.51. The number of thiophene rings is 1. The Hall–Kier alpha value is -1.87. The van der Waals surface area contributed by atoms with Crippen LogP contribution < -0.4 is 4.74 Å². The summed E-state index contributed by atoms with van der Waals surface area (Å²) in [5, 5.41) is 0. The smallest absolute Gasteiger partial charge is 0.335 e. The van der Waals surface area contributed by atoms with Crippen LogP contribution in [0.2, 0.25) is 0 Å². The Labute approximate surface area is 142 Å². The van der Waals surface area contributed by atoms with E-state index in [4.69, 9.17) is 4.74 Å². The molecule has 0 fully saturated rings. The highest BCUT2D eigenvalue weighted by Gasteiger charge is 2.04. The molecule has 1 aromatic carbocycles. The molecule has 3 heteroatoms. The van der Waals surface area contributed by atoms with Gasteiger partial charge in [0.15, 0.2) is 0 Å². The number of benzene rings is 1. The molecule has 0 aliphatic carbocycles. The third kappa shape index (κ3) is 5.68. The number of ether oxygens (including phenoxy) is 1. The van der Waals surface area contributed by atoms with Crippen molar-refractivity contribution in [1.29, 1.82) is 0 Å². The van der Waals surface area contributed by atoms with Crippen LogP contribution in [0.4, 0.5) is 0 Å². The molecule has 0 aliphatic rings. The minimum atomic E-state index is -0.310. The van der Waals surface area contributed by atoms with Gasteiger partial charge in [0, 0.05) is 15.8 Å². The Balaban J connectivity index is 1.93. The first-order chi connectivity index (χ1) is 11.2. The lowest BCUT2D eigenvalue weighted by Crippen LogP contribution is -2.03. The fraction of sp³-hybridized carbons (Fsp3) is 0.350. The van der Waals surface area contributed by atoms with Crippen molar-refractivity contribution in [2.45, 2.75) is 46.0 Å². The minimum Gasteiger partial charge on any atom is -0.423 e. The molecular formula is C20H24O2S. The second-order valence-corrected chi connectivity index (χ2v) is 6.67. The van der Waals surface area contributed by atoms with Crippen LogP contribution in [0.1, 0.15) is 44.4 Å². The monoisotopic (exact) mass is 328 g/mol. The Bertz CT molecular complexity index is 638. The van der Waals surface area contributed by atoms with E-state index >= 15 is 0 Å². The summed E-state index contributed by atoms with van der Waals surface area (Å²) >= 11 is 1.83. The number of aryl methyl sites for hydroxylation is 1. The van der Waals surface area contributed by atoms with Crippen LogP contribution in [-0.2, 0) is 11.2 Å². The van der Waals surface area contributed by atoms with Gasteiger partial charge in [-0.1, -0.05) is 39.2 Å². The molecule has 1 heterocycles. The maximum absolute atomic E-state index is 11.7. The van der Waals surface area contributed by atoms with E-state index < -0.39 is 0 Å². The molecular weight excluding hydrogens is 304 g/mol. The van der Waals surface area contributed by atoms with Crippen molar-refractivity contribution in [3.8, 4) is 16.2 Å². The number of hydrogen-bond acceptors (Lipinski definition) is 3. The molecule has 0 bridgehead atoms. The maximum Gasteiger partial charge on any atom is 0.335 e. The molecule has 23 heavy (non-hydrogen) atoms. The van der Waals surface area contributed by atoms with Crippen LogP contribution >= 0.6 is 11.3 Å². The van der Waals surface area contributed by atoms with Crippen molar-refractivity contribution in [1.82, 2.24) is 0 Å². The van der Waals surface area contributed by atoms with Crippen molar-refractivity contribution in [3.63, 3.8) is 0 Å². The predicted octanol–water partition coefficient (Wildman–Crippen LogP) is 6.02. The zero-order valence-electron chi connectivity index (χ0n) is 13.9. The predicted molar refractivity (Wildman–Crippen MR) is 98.1 cm³/mol. The molecule has 0 atom stereocenters. The van der Waals surface area contributed by atoms with Gasteiger partial charge in [0.25, 0.3) is 0 Å². The first kappa shape index (κ1) is 17.5. The second kappa shape index (κ2) is 9.31. The van der Waals surface area contributed by atoms with Crippen molar-refractivity contribution < 1.29 is 9.53 Å². The quantitative estimate of drug-likeness (QED) is 0.256. The first-order valence-electron chi connectivity index (χ1n) is 8.30. The molecule has 0 saturated heterocycles. The standard InChI is InChI=1S/C20H24O2S/c1-3-5-6-7-9-20(21)22-17-12-10-16(11-13-17)19-15-14-18(23-19)8-4-2/h7,9-15H,3-6,8H2,1-2H3. The van der Waals surface area contributed by atoms with Gasteiger partial charge < -0.3 is 4.74 Å². The highest BCUT2D eigenvalue weighted by atomic mass is 32.1. The van der Waals surface area contributed by atoms with Gasteiger partial charge in [-0.2, -0.15) is 0 Å². The molecule has 122 valence electrons. The number of hydrogen-bond donors (Lipinski definition) is 0. The van der Waals surface area contributed by atoms with E-state index in [2.05, 4.69) is 26.0 Å². The summed E-state index contributed by atoms with van der Waals surface area (Å²) < 4.78 is 5.31. The summed E-state index contributed by atoms with van der Waals surface area (Å²) in [4.78, 5) is 14.4. The van der Waals surface area contributed by atoms with Crippen molar-refractivity contribution in [2.24, 2.45) is 0 Å². The minimum absolute atomic E-state index is 0.310. The molecule has 0 radical (unpaired) electrons. The normalized spacial score (nSPS) is 11.0. The van der Waals surface area contributed by atoms with Gasteiger partial charge in [0.05, 0.1) is 0 Å². The fourth-order valence-electron chi connectivity index (χ4n) is 2.25. The average Bonchev–Trinajstić information content (AvgIpc) is 3.01. The molecule has 1 aromatic heterocycles. The van der Waals surface area contributed by atoms with Crippen molar-refractivity contribution >= 4 is 17.3 Å². The fourth-order valence-corrected chi connectivity index (χ4v) is 3.37. The van der Waals surface area contributed by atoms with E-state index in [1.807, 2.05) is 41.7 Å². The zero-order valence-corrected chi connectivity index (χ0v) is 14.7. The van der Waals surface area contributed by atoms with Crippen LogP contribution in [0.15, 0.2) is 48.6 Å². The summed E-state index contributed by atoms with van der Waals surface area (Å²) in [6.45, 7) is 4.33. The third-order valence-corrected chi connectivity index (χ3v) is 4.69. The van der Waals surface area contributed by atoms with Gasteiger partial charge in [-0.25, -0.2) is 4.79 Å². The van der Waals surface area contributed by atoms with Crippen molar-refractivity contribution in [3.05, 3.63) is 53.4 Å². The third-order valence-electron chi connectivity index (χ3n) is 3.49. The van der Waals surface area contributed by atoms with Crippen LogP contribution in [0.5, 0.6) is 5.75 Å². The van der Waals surface area contributed by atoms with Gasteiger partial charge in [-0.3, -0.25) is 0 Å². The van der Waals surface area contributed by atoms with Crippen molar-refractivity contribution in [2.75, 3.05) is 0 Å². The number of carbonyl (C=O) groups is 1. The number of rotatable bonds is 8. The topological polar surface area (TPSA) is 26.3 Å². The molecule has 2 rings (SSSR count). The molecule has 0 spiro atoms. The van der Waals surface area contributed by atoms with E-state index in [-0.39, 0.29) is 5.97 Å². The van der Waals surface area contributed by atoms with Crippen LogP contribution in [0.25, 0.3) is 10.4 Å². The largest absolute Gasteiger partial charge is 0.423 e. The molecule has 0 amide bonds. The number of esters is 1. The van der Waals surface area contributed by atoms with Gasteiger partial charge in [0.1, 0.15) is 5.75 Å². The highest BCUT2D eigenvalue weighted by Crippen LogP contribution is 2.30. The summed E-state index contributed by atoms with van der Waals surface area (Å²) in [5.41, 5.74) is 1.16. The number of unbranched alkanes of at least 4 members (excludes halogenated alkanes) is 2. The van der Waals surface area contributed by atoms with Gasteiger partial charge >= 0.3 is 5.97 Å². The Kier molecular flexibility index (Phi) is 7.08. The van der Waals surface area contributed by atoms with Gasteiger partial charge in [-0.05, 0) is 54.8 Å². The lowest BCUT2D eigenvalue weighted by atomic mass is 10.2. The summed E-state index contributed by atoms with van der Waals surface area (Å²) in [5.74, 6) is 0.277. The lowest BCUT2D eigenvalue weighted by molar-refractivity contribution is -0.129. The Morgan fingerprint density at radius 3 is 2.57 bits per heavy atom. The summed E-state index contributed by atoms with van der Waals surface area (Å²) in [6.07, 6.45) is 8.83. The average molecular weight is 328 g/mol. The SMILES string of the molecule is CCCCC=CC(=O)Oc1ccc(-c2ccc(CCC)s2)cc1. The van der Waals surface area contributed by atoms with E-state index in [9.17, 15) is 4.79 Å². The molecule has 0 saturated carbocycles. The molecule has 0 N–H and O–H groups in total. The molecule has 2 nitrogen and oxygen atoms in total. The highest BCUT2D eigenvalue weighted by molar-refractivity contribution is 7.15. The summed E-state index contributed by atoms with van der Waals surface area (Å²) in [6, 6.07) is 12.1. The van der Waals surface area contributed by atoms with E-state index in [1.165, 1.54) is 22.3 Å². The van der Waals surface area contributed by atoms with E-state index in [0.29, 0.717) is 5.75 Å². The number of allylic oxidation sites excluding steroid dienone is 1. The van der Waals surface area contributed by atoms with Crippen LogP contribution in [0.3, 0.4) is 0 Å². The maximum atomic E-state index is 11.7.